The molecule has 2 aromatic heterocycles. The van der Waals surface area contributed by atoms with Crippen molar-refractivity contribution in [2.24, 2.45) is 0 Å². The van der Waals surface area contributed by atoms with Crippen molar-refractivity contribution in [3.63, 3.8) is 0 Å². The third-order valence-corrected chi connectivity index (χ3v) is 7.56. The van der Waals surface area contributed by atoms with E-state index in [0.29, 0.717) is 47.3 Å². The van der Waals surface area contributed by atoms with Crippen molar-refractivity contribution in [3.05, 3.63) is 88.3 Å². The number of amides is 1. The van der Waals surface area contributed by atoms with Gasteiger partial charge in [-0.1, -0.05) is 67.8 Å². The van der Waals surface area contributed by atoms with Crippen LogP contribution in [0.15, 0.2) is 60.7 Å². The molecule has 37 heavy (non-hydrogen) atoms. The summed E-state index contributed by atoms with van der Waals surface area (Å²) in [4.78, 5) is 21.6. The van der Waals surface area contributed by atoms with Crippen LogP contribution in [-0.2, 0) is 23.2 Å². The van der Waals surface area contributed by atoms with Gasteiger partial charge < -0.3 is 9.30 Å². The Morgan fingerprint density at radius 3 is 2.57 bits per heavy atom. The molecular weight excluding hydrogens is 512 g/mol. The summed E-state index contributed by atoms with van der Waals surface area (Å²) >= 11 is 6.57. The van der Waals surface area contributed by atoms with E-state index < -0.39 is 15.9 Å². The van der Waals surface area contributed by atoms with Crippen LogP contribution in [-0.4, -0.2) is 34.6 Å². The number of aromatic nitrogens is 3. The standard InChI is InChI=1S/C27H29ClN4O4S/c1-3-4-8-15-37(34,35)31-27(33)25-14-13-24-26(30-25)32(19(2)29-24)17-21-11-12-22(16-23(21)28)36-18-20-9-6-5-7-10-20/h5-7,9-14,16H,3-4,8,15,17-18H2,1-2H3,(H,31,33). The number of halogens is 1. The molecule has 4 aromatic rings. The highest BCUT2D eigenvalue weighted by Crippen LogP contribution is 2.26. The number of hydrogen-bond donors (Lipinski definition) is 1. The predicted molar refractivity (Wildman–Crippen MR) is 144 cm³/mol. The van der Waals surface area contributed by atoms with Crippen molar-refractivity contribution in [1.82, 2.24) is 19.3 Å². The minimum atomic E-state index is -3.73. The molecule has 10 heteroatoms. The normalized spacial score (nSPS) is 11.5. The van der Waals surface area contributed by atoms with Crippen LogP contribution in [0, 0.1) is 6.92 Å². The summed E-state index contributed by atoms with van der Waals surface area (Å²) in [6, 6.07) is 18.5. The fourth-order valence-electron chi connectivity index (χ4n) is 3.87. The van der Waals surface area contributed by atoms with Gasteiger partial charge in [0.25, 0.3) is 5.91 Å². The molecule has 0 unspecified atom stereocenters. The summed E-state index contributed by atoms with van der Waals surface area (Å²) < 4.78 is 34.3. The fraction of sp³-hybridized carbons (Fsp3) is 0.296. The lowest BCUT2D eigenvalue weighted by Gasteiger charge is -2.12. The highest BCUT2D eigenvalue weighted by atomic mass is 35.5. The Hall–Kier alpha value is -3.43. The molecule has 0 saturated carbocycles. The molecule has 1 amide bonds. The number of pyridine rings is 1. The SMILES string of the molecule is CCCCCS(=O)(=O)NC(=O)c1ccc2nc(C)n(Cc3ccc(OCc4ccccc4)cc3Cl)c2n1. The van der Waals surface area contributed by atoms with Crippen LogP contribution in [0.25, 0.3) is 11.2 Å². The highest BCUT2D eigenvalue weighted by molar-refractivity contribution is 7.90. The third-order valence-electron chi connectivity index (χ3n) is 5.88. The van der Waals surface area contributed by atoms with Gasteiger partial charge in [-0.2, -0.15) is 0 Å². The van der Waals surface area contributed by atoms with Crippen molar-refractivity contribution in [3.8, 4) is 5.75 Å². The molecule has 4 rings (SSSR count). The number of ether oxygens (including phenoxy) is 1. The number of carbonyl (C=O) groups excluding carboxylic acids is 1. The number of imidazole rings is 1. The maximum atomic E-state index is 12.7. The molecule has 0 bridgehead atoms. The van der Waals surface area contributed by atoms with Crippen LogP contribution in [0.3, 0.4) is 0 Å². The third kappa shape index (κ3) is 6.87. The second-order valence-corrected chi connectivity index (χ2v) is 11.0. The highest BCUT2D eigenvalue weighted by Gasteiger charge is 2.19. The van der Waals surface area contributed by atoms with Crippen molar-refractivity contribution in [1.29, 1.82) is 0 Å². The molecule has 0 aliphatic rings. The number of carbonyl (C=O) groups is 1. The largest absolute Gasteiger partial charge is 0.489 e. The van der Waals surface area contributed by atoms with Gasteiger partial charge in [0.2, 0.25) is 10.0 Å². The molecule has 2 heterocycles. The summed E-state index contributed by atoms with van der Waals surface area (Å²) in [7, 11) is -3.73. The van der Waals surface area contributed by atoms with Gasteiger partial charge in [-0.3, -0.25) is 4.79 Å². The number of rotatable bonds is 11. The Bertz CT molecular complexity index is 1500. The van der Waals surface area contributed by atoms with Crippen LogP contribution in [0.2, 0.25) is 5.02 Å². The van der Waals surface area contributed by atoms with Crippen LogP contribution >= 0.6 is 11.6 Å². The van der Waals surface area contributed by atoms with Gasteiger partial charge in [0, 0.05) is 5.02 Å². The monoisotopic (exact) mass is 540 g/mol. The summed E-state index contributed by atoms with van der Waals surface area (Å²) in [6.07, 6.45) is 2.16. The van der Waals surface area contributed by atoms with Gasteiger partial charge in [0.15, 0.2) is 5.65 Å². The van der Waals surface area contributed by atoms with Gasteiger partial charge in [-0.05, 0) is 48.7 Å². The van der Waals surface area contributed by atoms with E-state index in [1.807, 2.05) is 60.9 Å². The molecule has 8 nitrogen and oxygen atoms in total. The summed E-state index contributed by atoms with van der Waals surface area (Å²) in [5.74, 6) is 0.478. The minimum absolute atomic E-state index is 0.00322. The quantitative estimate of drug-likeness (QED) is 0.260. The Balaban J connectivity index is 1.51. The second-order valence-electron chi connectivity index (χ2n) is 8.77. The van der Waals surface area contributed by atoms with Gasteiger partial charge in [-0.15, -0.1) is 0 Å². The first-order chi connectivity index (χ1) is 17.8. The number of unbranched alkanes of at least 4 members (excludes halogenated alkanes) is 2. The van der Waals surface area contributed by atoms with Crippen molar-refractivity contribution >= 4 is 38.7 Å². The average Bonchev–Trinajstić information content (AvgIpc) is 3.18. The lowest BCUT2D eigenvalue weighted by atomic mass is 10.2. The van der Waals surface area contributed by atoms with Crippen LogP contribution in [0.5, 0.6) is 5.75 Å². The Morgan fingerprint density at radius 2 is 1.84 bits per heavy atom. The van der Waals surface area contributed by atoms with E-state index in [2.05, 4.69) is 14.7 Å². The van der Waals surface area contributed by atoms with Gasteiger partial charge in [0.05, 0.1) is 12.3 Å². The lowest BCUT2D eigenvalue weighted by Crippen LogP contribution is -2.33. The fourth-order valence-corrected chi connectivity index (χ4v) is 5.18. The van der Waals surface area contributed by atoms with Crippen molar-refractivity contribution in [2.45, 2.75) is 46.3 Å². The first-order valence-electron chi connectivity index (χ1n) is 12.1. The zero-order valence-corrected chi connectivity index (χ0v) is 22.3. The van der Waals surface area contributed by atoms with Gasteiger partial charge in [-0.25, -0.2) is 23.1 Å². The number of benzene rings is 2. The molecule has 0 fully saturated rings. The van der Waals surface area contributed by atoms with Crippen LogP contribution in [0.4, 0.5) is 0 Å². The minimum Gasteiger partial charge on any atom is -0.489 e. The first-order valence-corrected chi connectivity index (χ1v) is 14.1. The summed E-state index contributed by atoms with van der Waals surface area (Å²) in [5.41, 5.74) is 2.95. The topological polar surface area (TPSA) is 103 Å². The molecule has 0 aliphatic heterocycles. The maximum Gasteiger partial charge on any atom is 0.283 e. The molecule has 0 aliphatic carbocycles. The van der Waals surface area contributed by atoms with Gasteiger partial charge in [0.1, 0.15) is 29.4 Å². The summed E-state index contributed by atoms with van der Waals surface area (Å²) in [5, 5.41) is 0.527. The van der Waals surface area contributed by atoms with E-state index in [1.165, 1.54) is 6.07 Å². The summed E-state index contributed by atoms with van der Waals surface area (Å²) in [6.45, 7) is 4.63. The van der Waals surface area contributed by atoms with E-state index >= 15 is 0 Å². The lowest BCUT2D eigenvalue weighted by molar-refractivity contribution is 0.0977. The zero-order chi connectivity index (χ0) is 26.4. The molecule has 0 radical (unpaired) electrons. The number of sulfonamides is 1. The van der Waals surface area contributed by atoms with E-state index in [0.717, 1.165) is 24.0 Å². The van der Waals surface area contributed by atoms with Crippen molar-refractivity contribution < 1.29 is 17.9 Å². The molecule has 1 N–H and O–H groups in total. The molecular formula is C27H29ClN4O4S. The molecule has 0 atom stereocenters. The Morgan fingerprint density at radius 1 is 1.05 bits per heavy atom. The smallest absolute Gasteiger partial charge is 0.283 e. The molecule has 194 valence electrons. The zero-order valence-electron chi connectivity index (χ0n) is 20.8. The maximum absolute atomic E-state index is 12.7. The van der Waals surface area contributed by atoms with Crippen molar-refractivity contribution in [2.75, 3.05) is 5.75 Å². The number of fused-ring (bicyclic) bond motifs is 1. The van der Waals surface area contributed by atoms with Crippen LogP contribution < -0.4 is 9.46 Å². The Kier molecular flexibility index (Phi) is 8.45. The van der Waals surface area contributed by atoms with Crippen LogP contribution in [0.1, 0.15) is 53.6 Å². The Labute approximate surface area is 221 Å². The van der Waals surface area contributed by atoms with E-state index in [-0.39, 0.29) is 11.4 Å². The molecule has 0 saturated heterocycles. The van der Waals surface area contributed by atoms with E-state index in [9.17, 15) is 13.2 Å². The predicted octanol–water partition coefficient (Wildman–Crippen LogP) is 5.27. The van der Waals surface area contributed by atoms with E-state index in [1.54, 1.807) is 12.1 Å². The van der Waals surface area contributed by atoms with E-state index in [4.69, 9.17) is 16.3 Å². The number of aryl methyl sites for hydroxylation is 1. The molecule has 0 spiro atoms. The first kappa shape index (κ1) is 26.6. The second kappa shape index (κ2) is 11.7. The number of nitrogens with zero attached hydrogens (tertiary/aromatic N) is 3. The molecule has 2 aromatic carbocycles. The number of nitrogens with one attached hydrogen (secondary N) is 1. The van der Waals surface area contributed by atoms with Gasteiger partial charge >= 0.3 is 0 Å². The average molecular weight is 541 g/mol. The number of hydrogen-bond acceptors (Lipinski definition) is 6.